The van der Waals surface area contributed by atoms with Gasteiger partial charge in [0.25, 0.3) is 0 Å². The number of rotatable bonds is 2. The molecule has 0 amide bonds. The zero-order chi connectivity index (χ0) is 9.26. The second-order valence-electron chi connectivity index (χ2n) is 3.54. The van der Waals surface area contributed by atoms with E-state index in [0.717, 1.165) is 23.0 Å². The van der Waals surface area contributed by atoms with E-state index in [1.54, 1.807) is 6.20 Å². The van der Waals surface area contributed by atoms with E-state index in [0.29, 0.717) is 5.92 Å². The Morgan fingerprint density at radius 3 is 2.69 bits per heavy atom. The van der Waals surface area contributed by atoms with Gasteiger partial charge in [0.1, 0.15) is 0 Å². The van der Waals surface area contributed by atoms with Crippen LogP contribution < -0.4 is 0 Å². The number of hydrogen-bond donors (Lipinski definition) is 1. The van der Waals surface area contributed by atoms with E-state index in [1.165, 1.54) is 6.42 Å². The van der Waals surface area contributed by atoms with Crippen LogP contribution in [0, 0.1) is 5.92 Å². The Labute approximate surface area is 86.1 Å². The van der Waals surface area contributed by atoms with E-state index in [2.05, 4.69) is 20.9 Å². The molecule has 1 heterocycles. The van der Waals surface area contributed by atoms with Gasteiger partial charge in [-0.2, -0.15) is 0 Å². The number of nitrogens with zero attached hydrogens (tertiary/aromatic N) is 1. The lowest BCUT2D eigenvalue weighted by Crippen LogP contribution is -2.20. The monoisotopic (exact) mass is 241 g/mol. The summed E-state index contributed by atoms with van der Waals surface area (Å²) in [6.07, 6.45) is 4.90. The molecule has 1 aliphatic carbocycles. The normalized spacial score (nSPS) is 19.5. The summed E-state index contributed by atoms with van der Waals surface area (Å²) < 4.78 is 0.956. The summed E-state index contributed by atoms with van der Waals surface area (Å²) in [5.41, 5.74) is 0.799. The maximum atomic E-state index is 9.85. The highest BCUT2D eigenvalue weighted by Crippen LogP contribution is 2.36. The SMILES string of the molecule is OC(c1ccc(Br)cn1)C1CCC1. The molecule has 1 saturated carbocycles. The molecule has 1 fully saturated rings. The minimum atomic E-state index is -0.359. The molecule has 0 radical (unpaired) electrons. The first-order chi connectivity index (χ1) is 6.27. The maximum Gasteiger partial charge on any atom is 0.0987 e. The minimum absolute atomic E-state index is 0.359. The van der Waals surface area contributed by atoms with Crippen LogP contribution in [0.1, 0.15) is 31.1 Å². The van der Waals surface area contributed by atoms with E-state index >= 15 is 0 Å². The van der Waals surface area contributed by atoms with Crippen molar-refractivity contribution in [3.05, 3.63) is 28.5 Å². The fraction of sp³-hybridized carbons (Fsp3) is 0.500. The molecular weight excluding hydrogens is 230 g/mol. The molecule has 0 aromatic carbocycles. The fourth-order valence-corrected chi connectivity index (χ4v) is 1.79. The number of aliphatic hydroxyl groups is 1. The summed E-state index contributed by atoms with van der Waals surface area (Å²) in [4.78, 5) is 4.18. The van der Waals surface area contributed by atoms with Crippen LogP contribution in [-0.4, -0.2) is 10.1 Å². The van der Waals surface area contributed by atoms with Crippen molar-refractivity contribution >= 4 is 15.9 Å². The van der Waals surface area contributed by atoms with Crippen LogP contribution in [0.25, 0.3) is 0 Å². The average molecular weight is 242 g/mol. The van der Waals surface area contributed by atoms with Crippen molar-refractivity contribution in [2.24, 2.45) is 5.92 Å². The Morgan fingerprint density at radius 2 is 2.23 bits per heavy atom. The quantitative estimate of drug-likeness (QED) is 0.864. The highest BCUT2D eigenvalue weighted by atomic mass is 79.9. The van der Waals surface area contributed by atoms with Crippen LogP contribution in [0.4, 0.5) is 0 Å². The predicted octanol–water partition coefficient (Wildman–Crippen LogP) is 2.68. The second-order valence-corrected chi connectivity index (χ2v) is 4.45. The molecule has 2 nitrogen and oxygen atoms in total. The molecule has 3 heteroatoms. The van der Waals surface area contributed by atoms with E-state index in [-0.39, 0.29) is 6.10 Å². The molecule has 0 spiro atoms. The third-order valence-electron chi connectivity index (χ3n) is 2.65. The Balaban J connectivity index is 2.10. The lowest BCUT2D eigenvalue weighted by atomic mass is 9.80. The number of halogens is 1. The van der Waals surface area contributed by atoms with Gasteiger partial charge in [-0.1, -0.05) is 6.42 Å². The molecule has 70 valence electrons. The van der Waals surface area contributed by atoms with Crippen LogP contribution in [0.2, 0.25) is 0 Å². The third-order valence-corrected chi connectivity index (χ3v) is 3.12. The smallest absolute Gasteiger partial charge is 0.0987 e. The lowest BCUT2D eigenvalue weighted by molar-refractivity contribution is 0.0586. The Kier molecular flexibility index (Phi) is 2.65. The summed E-state index contributed by atoms with van der Waals surface area (Å²) >= 11 is 3.32. The summed E-state index contributed by atoms with van der Waals surface area (Å²) in [6, 6.07) is 3.80. The van der Waals surface area contributed by atoms with Crippen molar-refractivity contribution in [2.45, 2.75) is 25.4 Å². The van der Waals surface area contributed by atoms with Gasteiger partial charge in [0.15, 0.2) is 0 Å². The Hall–Kier alpha value is -0.410. The van der Waals surface area contributed by atoms with Crippen molar-refractivity contribution in [1.82, 2.24) is 4.98 Å². The van der Waals surface area contributed by atoms with E-state index < -0.39 is 0 Å². The van der Waals surface area contributed by atoms with Gasteiger partial charge in [0, 0.05) is 10.7 Å². The van der Waals surface area contributed by atoms with Crippen LogP contribution in [0.3, 0.4) is 0 Å². The summed E-state index contributed by atoms with van der Waals surface area (Å²) in [6.45, 7) is 0. The van der Waals surface area contributed by atoms with E-state index in [4.69, 9.17) is 0 Å². The van der Waals surface area contributed by atoms with E-state index in [9.17, 15) is 5.11 Å². The predicted molar refractivity (Wildman–Crippen MR) is 54.2 cm³/mol. The molecule has 2 rings (SSSR count). The topological polar surface area (TPSA) is 33.1 Å². The molecule has 0 aliphatic heterocycles. The Bertz CT molecular complexity index is 281. The van der Waals surface area contributed by atoms with Gasteiger partial charge in [0.05, 0.1) is 11.8 Å². The number of pyridine rings is 1. The van der Waals surface area contributed by atoms with Gasteiger partial charge < -0.3 is 5.11 Å². The first-order valence-electron chi connectivity index (χ1n) is 4.57. The molecule has 1 atom stereocenters. The molecule has 0 bridgehead atoms. The van der Waals surface area contributed by atoms with E-state index in [1.807, 2.05) is 12.1 Å². The summed E-state index contributed by atoms with van der Waals surface area (Å²) in [5, 5.41) is 9.85. The highest BCUT2D eigenvalue weighted by Gasteiger charge is 2.27. The molecule has 13 heavy (non-hydrogen) atoms. The van der Waals surface area contributed by atoms with Crippen LogP contribution in [-0.2, 0) is 0 Å². The van der Waals surface area contributed by atoms with Gasteiger partial charge in [-0.15, -0.1) is 0 Å². The third kappa shape index (κ3) is 1.92. The van der Waals surface area contributed by atoms with Gasteiger partial charge >= 0.3 is 0 Å². The van der Waals surface area contributed by atoms with Crippen molar-refractivity contribution < 1.29 is 5.11 Å². The zero-order valence-electron chi connectivity index (χ0n) is 7.28. The maximum absolute atomic E-state index is 9.85. The largest absolute Gasteiger partial charge is 0.387 e. The van der Waals surface area contributed by atoms with Crippen molar-refractivity contribution in [1.29, 1.82) is 0 Å². The fourth-order valence-electron chi connectivity index (χ4n) is 1.56. The first kappa shape index (κ1) is 9.16. The van der Waals surface area contributed by atoms with Crippen LogP contribution >= 0.6 is 15.9 Å². The van der Waals surface area contributed by atoms with Crippen LogP contribution in [0.15, 0.2) is 22.8 Å². The molecule has 0 saturated heterocycles. The van der Waals surface area contributed by atoms with Gasteiger partial charge in [0.2, 0.25) is 0 Å². The van der Waals surface area contributed by atoms with Crippen molar-refractivity contribution in [3.8, 4) is 0 Å². The molecule has 1 aliphatic rings. The van der Waals surface area contributed by atoms with Crippen molar-refractivity contribution in [3.63, 3.8) is 0 Å². The average Bonchev–Trinajstić information content (AvgIpc) is 2.02. The lowest BCUT2D eigenvalue weighted by Gasteiger charge is -2.29. The van der Waals surface area contributed by atoms with Crippen LogP contribution in [0.5, 0.6) is 0 Å². The molecule has 1 N–H and O–H groups in total. The molecular formula is C10H12BrNO. The van der Waals surface area contributed by atoms with Gasteiger partial charge in [-0.05, 0) is 46.8 Å². The molecule has 1 unspecified atom stereocenters. The second kappa shape index (κ2) is 3.76. The highest BCUT2D eigenvalue weighted by molar-refractivity contribution is 9.10. The standard InChI is InChI=1S/C10H12BrNO/c11-8-4-5-9(12-6-8)10(13)7-2-1-3-7/h4-7,10,13H,1-3H2. The zero-order valence-corrected chi connectivity index (χ0v) is 8.87. The number of aromatic nitrogens is 1. The molecule has 1 aromatic heterocycles. The minimum Gasteiger partial charge on any atom is -0.387 e. The summed E-state index contributed by atoms with van der Waals surface area (Å²) in [5.74, 6) is 0.439. The van der Waals surface area contributed by atoms with Crippen molar-refractivity contribution in [2.75, 3.05) is 0 Å². The summed E-state index contributed by atoms with van der Waals surface area (Å²) in [7, 11) is 0. The number of aliphatic hydroxyl groups excluding tert-OH is 1. The van der Waals surface area contributed by atoms with Gasteiger partial charge in [-0.3, -0.25) is 4.98 Å². The number of hydrogen-bond acceptors (Lipinski definition) is 2. The first-order valence-corrected chi connectivity index (χ1v) is 5.36. The molecule has 1 aromatic rings. The van der Waals surface area contributed by atoms with Gasteiger partial charge in [-0.25, -0.2) is 0 Å². The Morgan fingerprint density at radius 1 is 1.46 bits per heavy atom.